The number of ketones is 2. The summed E-state index contributed by atoms with van der Waals surface area (Å²) in [6.07, 6.45) is 9.70. The second-order valence-corrected chi connectivity index (χ2v) is 5.81. The molecule has 0 aliphatic rings. The Balaban J connectivity index is 0. The van der Waals surface area contributed by atoms with Crippen molar-refractivity contribution in [2.45, 2.75) is 71.6 Å². The molecular formula is C20H34N2O4. The van der Waals surface area contributed by atoms with Crippen LogP contribution in [-0.4, -0.2) is 30.0 Å². The van der Waals surface area contributed by atoms with E-state index >= 15 is 0 Å². The van der Waals surface area contributed by atoms with E-state index in [1.165, 1.54) is 0 Å². The summed E-state index contributed by atoms with van der Waals surface area (Å²) in [5.41, 5.74) is 0. The third kappa shape index (κ3) is 19.8. The molecule has 0 saturated carbocycles. The molecule has 26 heavy (non-hydrogen) atoms. The van der Waals surface area contributed by atoms with Crippen LogP contribution >= 0.6 is 0 Å². The van der Waals surface area contributed by atoms with Crippen molar-refractivity contribution in [3.63, 3.8) is 0 Å². The average Bonchev–Trinajstić information content (AvgIpc) is 2.64. The van der Waals surface area contributed by atoms with Crippen LogP contribution in [0.3, 0.4) is 0 Å². The largest absolute Gasteiger partial charge is 0.335 e. The maximum Gasteiger partial charge on any atom is 0.244 e. The number of nitrogens with one attached hydrogen (secondary N) is 2. The highest BCUT2D eigenvalue weighted by atomic mass is 16.2. The van der Waals surface area contributed by atoms with Crippen molar-refractivity contribution >= 4 is 23.4 Å². The van der Waals surface area contributed by atoms with Gasteiger partial charge in [0.1, 0.15) is 11.6 Å². The molecule has 0 unspecified atom stereocenters. The summed E-state index contributed by atoms with van der Waals surface area (Å²) in [6, 6.07) is 0. The predicted molar refractivity (Wildman–Crippen MR) is 104 cm³/mol. The van der Waals surface area contributed by atoms with Gasteiger partial charge in [0.05, 0.1) is 6.67 Å². The first-order chi connectivity index (χ1) is 12.4. The lowest BCUT2D eigenvalue weighted by atomic mass is 10.0. The van der Waals surface area contributed by atoms with E-state index < -0.39 is 0 Å². The molecule has 0 aliphatic carbocycles. The van der Waals surface area contributed by atoms with Crippen LogP contribution in [0.2, 0.25) is 0 Å². The van der Waals surface area contributed by atoms with Crippen molar-refractivity contribution in [2.24, 2.45) is 0 Å². The van der Waals surface area contributed by atoms with E-state index in [9.17, 15) is 19.2 Å². The Morgan fingerprint density at radius 2 is 1.04 bits per heavy atom. The molecule has 0 atom stereocenters. The molecule has 6 nitrogen and oxygen atoms in total. The topological polar surface area (TPSA) is 92.3 Å². The molecule has 0 aromatic rings. The van der Waals surface area contributed by atoms with Gasteiger partial charge in [0.2, 0.25) is 11.8 Å². The maximum absolute atomic E-state index is 11.3. The van der Waals surface area contributed by atoms with E-state index in [0.29, 0.717) is 37.2 Å². The van der Waals surface area contributed by atoms with Gasteiger partial charge >= 0.3 is 0 Å². The van der Waals surface area contributed by atoms with Gasteiger partial charge in [0, 0.05) is 25.7 Å². The highest BCUT2D eigenvalue weighted by molar-refractivity contribution is 5.89. The van der Waals surface area contributed by atoms with E-state index in [1.807, 2.05) is 0 Å². The molecule has 148 valence electrons. The molecule has 0 radical (unpaired) electrons. The third-order valence-electron chi connectivity index (χ3n) is 3.43. The molecular weight excluding hydrogens is 332 g/mol. The highest BCUT2D eigenvalue weighted by Gasteiger charge is 2.04. The van der Waals surface area contributed by atoms with E-state index in [1.54, 1.807) is 0 Å². The second kappa shape index (κ2) is 19.1. The van der Waals surface area contributed by atoms with Gasteiger partial charge in [-0.3, -0.25) is 19.2 Å². The zero-order valence-corrected chi connectivity index (χ0v) is 16.3. The summed E-state index contributed by atoms with van der Waals surface area (Å²) in [4.78, 5) is 43.5. The van der Waals surface area contributed by atoms with Crippen LogP contribution in [0.15, 0.2) is 25.3 Å². The second-order valence-electron chi connectivity index (χ2n) is 5.81. The van der Waals surface area contributed by atoms with Crippen molar-refractivity contribution in [1.29, 1.82) is 0 Å². The van der Waals surface area contributed by atoms with Gasteiger partial charge in [-0.1, -0.05) is 39.8 Å². The molecule has 0 saturated heterocycles. The van der Waals surface area contributed by atoms with Crippen molar-refractivity contribution in [1.82, 2.24) is 10.6 Å². The van der Waals surface area contributed by atoms with Crippen LogP contribution in [0.5, 0.6) is 0 Å². The van der Waals surface area contributed by atoms with Gasteiger partial charge in [-0.15, -0.1) is 0 Å². The smallest absolute Gasteiger partial charge is 0.244 e. The standard InChI is InChI=1S/C13H24O2.C7H10N2O2/c1-3-5-8-12(14)10-7-11-13(15)9-6-4-2;1-3-6(10)8-5-9-7(11)4-2/h3-11H2,1-2H3;3-4H,1-2,5H2,(H,8,10)(H,9,11). The van der Waals surface area contributed by atoms with E-state index in [2.05, 4.69) is 37.6 Å². The summed E-state index contributed by atoms with van der Waals surface area (Å²) < 4.78 is 0. The predicted octanol–water partition coefficient (Wildman–Crippen LogP) is 3.22. The molecule has 6 heteroatoms. The van der Waals surface area contributed by atoms with E-state index in [0.717, 1.165) is 44.3 Å². The molecule has 0 aliphatic heterocycles. The van der Waals surface area contributed by atoms with Gasteiger partial charge in [-0.05, 0) is 31.4 Å². The Labute approximate surface area is 157 Å². The quantitative estimate of drug-likeness (QED) is 0.365. The molecule has 0 bridgehead atoms. The molecule has 0 spiro atoms. The van der Waals surface area contributed by atoms with Crippen LogP contribution in [0.4, 0.5) is 0 Å². The Morgan fingerprint density at radius 3 is 1.35 bits per heavy atom. The zero-order chi connectivity index (χ0) is 20.2. The van der Waals surface area contributed by atoms with Crippen molar-refractivity contribution in [3.8, 4) is 0 Å². The van der Waals surface area contributed by atoms with E-state index in [4.69, 9.17) is 0 Å². The van der Waals surface area contributed by atoms with Crippen molar-refractivity contribution in [2.75, 3.05) is 6.67 Å². The highest BCUT2D eigenvalue weighted by Crippen LogP contribution is 2.06. The lowest BCUT2D eigenvalue weighted by Crippen LogP contribution is -2.35. The van der Waals surface area contributed by atoms with Crippen LogP contribution in [0.25, 0.3) is 0 Å². The molecule has 0 aromatic heterocycles. The number of Topliss-reactive ketones (excluding diaryl/α,β-unsaturated/α-hetero) is 2. The summed E-state index contributed by atoms with van der Waals surface area (Å²) in [6.45, 7) is 10.7. The van der Waals surface area contributed by atoms with Crippen LogP contribution in [0, 0.1) is 0 Å². The third-order valence-corrected chi connectivity index (χ3v) is 3.43. The summed E-state index contributed by atoms with van der Waals surface area (Å²) in [5, 5.41) is 4.72. The monoisotopic (exact) mass is 366 g/mol. The van der Waals surface area contributed by atoms with Crippen LogP contribution in [-0.2, 0) is 19.2 Å². The number of hydrogen-bond acceptors (Lipinski definition) is 4. The van der Waals surface area contributed by atoms with Gasteiger partial charge in [-0.2, -0.15) is 0 Å². The minimum atomic E-state index is -0.325. The Hall–Kier alpha value is -2.24. The molecule has 0 rings (SSSR count). The van der Waals surface area contributed by atoms with Crippen molar-refractivity contribution < 1.29 is 19.2 Å². The summed E-state index contributed by atoms with van der Waals surface area (Å²) in [5.74, 6) is -0.0102. The Bertz CT molecular complexity index is 419. The van der Waals surface area contributed by atoms with Crippen LogP contribution < -0.4 is 10.6 Å². The lowest BCUT2D eigenvalue weighted by Gasteiger charge is -2.01. The maximum atomic E-state index is 11.3. The molecule has 0 aromatic carbocycles. The fourth-order valence-corrected chi connectivity index (χ4v) is 1.84. The average molecular weight is 367 g/mol. The zero-order valence-electron chi connectivity index (χ0n) is 16.3. The number of carbonyl (C=O) groups is 4. The number of unbranched alkanes of at least 4 members (excludes halogenated alkanes) is 2. The molecule has 0 fully saturated rings. The van der Waals surface area contributed by atoms with Crippen LogP contribution in [0.1, 0.15) is 71.6 Å². The molecule has 2 N–H and O–H groups in total. The Kier molecular flexibility index (Phi) is 19.1. The van der Waals surface area contributed by atoms with Gasteiger partial charge in [0.25, 0.3) is 0 Å². The van der Waals surface area contributed by atoms with Crippen molar-refractivity contribution in [3.05, 3.63) is 25.3 Å². The number of amides is 2. The number of carbonyl (C=O) groups excluding carboxylic acids is 4. The molecule has 2 amide bonds. The van der Waals surface area contributed by atoms with Gasteiger partial charge in [0.15, 0.2) is 0 Å². The van der Waals surface area contributed by atoms with Gasteiger partial charge in [-0.25, -0.2) is 0 Å². The fourth-order valence-electron chi connectivity index (χ4n) is 1.84. The number of rotatable bonds is 14. The lowest BCUT2D eigenvalue weighted by molar-refractivity contribution is -0.121. The van der Waals surface area contributed by atoms with Gasteiger partial charge < -0.3 is 10.6 Å². The first-order valence-electron chi connectivity index (χ1n) is 9.25. The molecule has 0 heterocycles. The first kappa shape index (κ1) is 26.0. The minimum absolute atomic E-state index is 0.0930. The fraction of sp³-hybridized carbons (Fsp3) is 0.600. The number of hydrogen-bond donors (Lipinski definition) is 2. The minimum Gasteiger partial charge on any atom is -0.335 e. The summed E-state index contributed by atoms with van der Waals surface area (Å²) in [7, 11) is 0. The summed E-state index contributed by atoms with van der Waals surface area (Å²) >= 11 is 0. The first-order valence-corrected chi connectivity index (χ1v) is 9.25. The Morgan fingerprint density at radius 1 is 0.692 bits per heavy atom. The normalized spacial score (nSPS) is 9.31. The van der Waals surface area contributed by atoms with E-state index in [-0.39, 0.29) is 18.5 Å². The SMILES string of the molecule is C=CC(=O)NCNC(=O)C=C.CCCCC(=O)CCCC(=O)CCCC.